The van der Waals surface area contributed by atoms with Crippen molar-refractivity contribution in [3.63, 3.8) is 0 Å². The van der Waals surface area contributed by atoms with E-state index in [2.05, 4.69) is 17.1 Å². The second kappa shape index (κ2) is 6.67. The summed E-state index contributed by atoms with van der Waals surface area (Å²) in [5.74, 6) is 0.201. The lowest BCUT2D eigenvalue weighted by atomic mass is 10.0. The van der Waals surface area contributed by atoms with Crippen LogP contribution in [0.5, 0.6) is 0 Å². The number of benzene rings is 1. The Morgan fingerprint density at radius 3 is 2.68 bits per heavy atom. The molecule has 0 saturated carbocycles. The number of carbonyl (C=O) groups is 1. The molecule has 3 rings (SSSR count). The summed E-state index contributed by atoms with van der Waals surface area (Å²) in [6.07, 6.45) is 1.92. The Balaban J connectivity index is 1.72. The van der Waals surface area contributed by atoms with E-state index in [1.54, 1.807) is 0 Å². The van der Waals surface area contributed by atoms with Crippen molar-refractivity contribution in [2.45, 2.75) is 38.4 Å². The standard InChI is InChI=1S/C17H24N2O3/c1-12-8-11-22-16(12)17(21)18-14-4-2-3-5-15(14)19-9-6-13(20)7-10-19/h2-5,12-13,16,20H,6-11H2,1H3,(H,18,21). The average Bonchev–Trinajstić information content (AvgIpc) is 2.95. The molecule has 0 radical (unpaired) electrons. The highest BCUT2D eigenvalue weighted by atomic mass is 16.5. The van der Waals surface area contributed by atoms with Crippen LogP contribution in [0.1, 0.15) is 26.2 Å². The molecule has 1 aromatic carbocycles. The number of piperidine rings is 1. The minimum absolute atomic E-state index is 0.0607. The summed E-state index contributed by atoms with van der Waals surface area (Å²) in [4.78, 5) is 14.6. The van der Waals surface area contributed by atoms with E-state index in [0.717, 1.165) is 43.7 Å². The average molecular weight is 304 g/mol. The van der Waals surface area contributed by atoms with E-state index in [9.17, 15) is 9.90 Å². The molecule has 2 heterocycles. The van der Waals surface area contributed by atoms with Crippen LogP contribution in [-0.4, -0.2) is 42.9 Å². The molecule has 0 aliphatic carbocycles. The number of aliphatic hydroxyl groups excluding tert-OH is 1. The normalized spacial score (nSPS) is 26.2. The number of nitrogens with zero attached hydrogens (tertiary/aromatic N) is 1. The van der Waals surface area contributed by atoms with Crippen LogP contribution >= 0.6 is 0 Å². The molecule has 0 aromatic heterocycles. The summed E-state index contributed by atoms with van der Waals surface area (Å²) in [5, 5.41) is 12.7. The minimum atomic E-state index is -0.351. The summed E-state index contributed by atoms with van der Waals surface area (Å²) in [5.41, 5.74) is 1.85. The van der Waals surface area contributed by atoms with Gasteiger partial charge < -0.3 is 20.1 Å². The molecule has 0 spiro atoms. The molecule has 5 nitrogen and oxygen atoms in total. The lowest BCUT2D eigenvalue weighted by Crippen LogP contribution is -2.37. The van der Waals surface area contributed by atoms with Gasteiger partial charge in [0.15, 0.2) is 0 Å². The Hall–Kier alpha value is -1.59. The monoisotopic (exact) mass is 304 g/mol. The number of anilines is 2. The lowest BCUT2D eigenvalue weighted by Gasteiger charge is -2.33. The first-order valence-corrected chi connectivity index (χ1v) is 8.09. The van der Waals surface area contributed by atoms with Crippen molar-refractivity contribution in [2.24, 2.45) is 5.92 Å². The molecule has 2 fully saturated rings. The van der Waals surface area contributed by atoms with Crippen molar-refractivity contribution >= 4 is 17.3 Å². The predicted octanol–water partition coefficient (Wildman–Crippen LogP) is 2.01. The second-order valence-electron chi connectivity index (χ2n) is 6.28. The zero-order valence-corrected chi connectivity index (χ0v) is 13.0. The van der Waals surface area contributed by atoms with E-state index in [1.807, 2.05) is 24.3 Å². The Kier molecular flexibility index (Phi) is 4.64. The summed E-state index contributed by atoms with van der Waals surface area (Å²) in [6, 6.07) is 7.85. The van der Waals surface area contributed by atoms with Crippen LogP contribution in [0.15, 0.2) is 24.3 Å². The number of rotatable bonds is 3. The quantitative estimate of drug-likeness (QED) is 0.897. The fourth-order valence-electron chi connectivity index (χ4n) is 3.20. The summed E-state index contributed by atoms with van der Waals surface area (Å²) >= 11 is 0. The number of para-hydroxylation sites is 2. The van der Waals surface area contributed by atoms with E-state index in [-0.39, 0.29) is 24.0 Å². The third kappa shape index (κ3) is 3.25. The third-order valence-corrected chi connectivity index (χ3v) is 4.61. The van der Waals surface area contributed by atoms with Gasteiger partial charge in [0.1, 0.15) is 6.10 Å². The van der Waals surface area contributed by atoms with Crippen molar-refractivity contribution in [2.75, 3.05) is 29.9 Å². The number of ether oxygens (including phenoxy) is 1. The predicted molar refractivity (Wildman–Crippen MR) is 86.0 cm³/mol. The number of carbonyl (C=O) groups excluding carboxylic acids is 1. The fourth-order valence-corrected chi connectivity index (χ4v) is 3.20. The number of hydrogen-bond donors (Lipinski definition) is 2. The largest absolute Gasteiger partial charge is 0.393 e. The van der Waals surface area contributed by atoms with Crippen molar-refractivity contribution in [3.8, 4) is 0 Å². The molecule has 2 aliphatic rings. The van der Waals surface area contributed by atoms with Crippen LogP contribution in [0, 0.1) is 5.92 Å². The van der Waals surface area contributed by atoms with E-state index < -0.39 is 0 Å². The van der Waals surface area contributed by atoms with Gasteiger partial charge in [-0.1, -0.05) is 19.1 Å². The van der Waals surface area contributed by atoms with Crippen molar-refractivity contribution < 1.29 is 14.6 Å². The first kappa shape index (κ1) is 15.3. The van der Waals surface area contributed by atoms with Crippen LogP contribution in [-0.2, 0) is 9.53 Å². The zero-order chi connectivity index (χ0) is 15.5. The number of aliphatic hydroxyl groups is 1. The molecule has 120 valence electrons. The highest BCUT2D eigenvalue weighted by Crippen LogP contribution is 2.29. The molecule has 2 saturated heterocycles. The molecule has 2 atom stereocenters. The molecule has 1 amide bonds. The Morgan fingerprint density at radius 1 is 1.27 bits per heavy atom. The third-order valence-electron chi connectivity index (χ3n) is 4.61. The summed E-state index contributed by atoms with van der Waals surface area (Å²) in [6.45, 7) is 4.33. The van der Waals surface area contributed by atoms with E-state index in [0.29, 0.717) is 6.61 Å². The fraction of sp³-hybridized carbons (Fsp3) is 0.588. The van der Waals surface area contributed by atoms with Gasteiger partial charge in [-0.2, -0.15) is 0 Å². The summed E-state index contributed by atoms with van der Waals surface area (Å²) in [7, 11) is 0. The van der Waals surface area contributed by atoms with Gasteiger partial charge in [0.05, 0.1) is 17.5 Å². The smallest absolute Gasteiger partial charge is 0.253 e. The Labute approximate surface area is 131 Å². The van der Waals surface area contributed by atoms with Gasteiger partial charge in [-0.15, -0.1) is 0 Å². The second-order valence-corrected chi connectivity index (χ2v) is 6.28. The van der Waals surface area contributed by atoms with Gasteiger partial charge in [-0.3, -0.25) is 4.79 Å². The highest BCUT2D eigenvalue weighted by molar-refractivity contribution is 5.97. The molecule has 2 N–H and O–H groups in total. The molecule has 22 heavy (non-hydrogen) atoms. The molecular formula is C17H24N2O3. The van der Waals surface area contributed by atoms with Crippen LogP contribution in [0.3, 0.4) is 0 Å². The van der Waals surface area contributed by atoms with Gasteiger partial charge in [0, 0.05) is 19.7 Å². The molecule has 2 unspecified atom stereocenters. The minimum Gasteiger partial charge on any atom is -0.393 e. The van der Waals surface area contributed by atoms with E-state index in [1.165, 1.54) is 0 Å². The van der Waals surface area contributed by atoms with E-state index >= 15 is 0 Å². The zero-order valence-electron chi connectivity index (χ0n) is 13.0. The van der Waals surface area contributed by atoms with Crippen LogP contribution < -0.4 is 10.2 Å². The van der Waals surface area contributed by atoms with Crippen LogP contribution in [0.2, 0.25) is 0 Å². The van der Waals surface area contributed by atoms with Crippen LogP contribution in [0.25, 0.3) is 0 Å². The van der Waals surface area contributed by atoms with E-state index in [4.69, 9.17) is 4.74 Å². The lowest BCUT2D eigenvalue weighted by molar-refractivity contribution is -0.126. The van der Waals surface area contributed by atoms with Gasteiger partial charge in [0.2, 0.25) is 0 Å². The van der Waals surface area contributed by atoms with Gasteiger partial charge in [-0.05, 0) is 37.3 Å². The van der Waals surface area contributed by atoms with Crippen LogP contribution in [0.4, 0.5) is 11.4 Å². The first-order chi connectivity index (χ1) is 10.6. The topological polar surface area (TPSA) is 61.8 Å². The highest BCUT2D eigenvalue weighted by Gasteiger charge is 2.31. The van der Waals surface area contributed by atoms with Gasteiger partial charge >= 0.3 is 0 Å². The van der Waals surface area contributed by atoms with Crippen molar-refractivity contribution in [1.82, 2.24) is 0 Å². The maximum Gasteiger partial charge on any atom is 0.253 e. The van der Waals surface area contributed by atoms with Gasteiger partial charge in [0.25, 0.3) is 5.91 Å². The molecule has 1 aromatic rings. The first-order valence-electron chi connectivity index (χ1n) is 8.09. The molecule has 2 aliphatic heterocycles. The maximum absolute atomic E-state index is 12.4. The Morgan fingerprint density at radius 2 is 2.00 bits per heavy atom. The van der Waals surface area contributed by atoms with Crippen molar-refractivity contribution in [1.29, 1.82) is 0 Å². The number of nitrogens with one attached hydrogen (secondary N) is 1. The summed E-state index contributed by atoms with van der Waals surface area (Å²) < 4.78 is 5.54. The Bertz CT molecular complexity index is 526. The maximum atomic E-state index is 12.4. The number of amides is 1. The van der Waals surface area contributed by atoms with Crippen molar-refractivity contribution in [3.05, 3.63) is 24.3 Å². The number of hydrogen-bond acceptors (Lipinski definition) is 4. The molecule has 5 heteroatoms. The SMILES string of the molecule is CC1CCOC1C(=O)Nc1ccccc1N1CCC(O)CC1. The van der Waals surface area contributed by atoms with Gasteiger partial charge in [-0.25, -0.2) is 0 Å². The molecular weight excluding hydrogens is 280 g/mol. The molecule has 0 bridgehead atoms.